The Kier molecular flexibility index (Phi) is 7.77. The smallest absolute Gasteiger partial charge is 0.223 e. The number of hydrogen-bond acceptors (Lipinski definition) is 4. The van der Waals surface area contributed by atoms with Gasteiger partial charge in [0.25, 0.3) is 0 Å². The molecule has 1 unspecified atom stereocenters. The van der Waals surface area contributed by atoms with E-state index in [0.29, 0.717) is 19.5 Å². The van der Waals surface area contributed by atoms with E-state index in [4.69, 9.17) is 5.73 Å². The molecular weight excluding hydrogens is 254 g/mol. The van der Waals surface area contributed by atoms with E-state index in [9.17, 15) is 9.59 Å². The Balaban J connectivity index is 2.51. The van der Waals surface area contributed by atoms with E-state index in [2.05, 4.69) is 5.32 Å². The van der Waals surface area contributed by atoms with Gasteiger partial charge in [-0.15, -0.1) is 0 Å². The van der Waals surface area contributed by atoms with Crippen molar-refractivity contribution in [3.8, 4) is 0 Å². The summed E-state index contributed by atoms with van der Waals surface area (Å²) in [5.41, 5.74) is 5.49. The molecule has 5 heteroatoms. The second-order valence-electron chi connectivity index (χ2n) is 6.03. The number of ketones is 1. The van der Waals surface area contributed by atoms with Crippen LogP contribution in [0.15, 0.2) is 0 Å². The third-order valence-corrected chi connectivity index (χ3v) is 3.85. The highest BCUT2D eigenvalue weighted by molar-refractivity contribution is 5.91. The van der Waals surface area contributed by atoms with E-state index < -0.39 is 0 Å². The first kappa shape index (κ1) is 17.1. The molecule has 0 radical (unpaired) electrons. The van der Waals surface area contributed by atoms with Crippen LogP contribution in [0.4, 0.5) is 0 Å². The van der Waals surface area contributed by atoms with Crippen LogP contribution in [0.5, 0.6) is 0 Å². The molecule has 0 spiro atoms. The fourth-order valence-corrected chi connectivity index (χ4v) is 2.71. The fourth-order valence-electron chi connectivity index (χ4n) is 2.71. The Morgan fingerprint density at radius 3 is 2.45 bits per heavy atom. The monoisotopic (exact) mass is 283 g/mol. The number of likely N-dealkylation sites (N-methyl/N-ethyl adjacent to an activating group) is 1. The summed E-state index contributed by atoms with van der Waals surface area (Å²) in [6.07, 6.45) is 6.65. The van der Waals surface area contributed by atoms with Crippen molar-refractivity contribution in [3.05, 3.63) is 0 Å². The molecule has 0 aromatic heterocycles. The topological polar surface area (TPSA) is 75.4 Å². The highest BCUT2D eigenvalue weighted by Crippen LogP contribution is 2.24. The third kappa shape index (κ3) is 6.01. The Bertz CT molecular complexity index is 312. The number of hydrogen-bond donors (Lipinski definition) is 2. The average molecular weight is 283 g/mol. The predicted molar refractivity (Wildman–Crippen MR) is 80.4 cm³/mol. The number of carbonyl (C=O) groups is 2. The molecule has 1 rings (SSSR count). The van der Waals surface area contributed by atoms with E-state index in [0.717, 1.165) is 38.5 Å². The van der Waals surface area contributed by atoms with Gasteiger partial charge in [0.1, 0.15) is 0 Å². The first-order chi connectivity index (χ1) is 9.54. The number of nitrogens with one attached hydrogen (secondary N) is 1. The van der Waals surface area contributed by atoms with Crippen LogP contribution in [0.3, 0.4) is 0 Å². The van der Waals surface area contributed by atoms with E-state index in [1.165, 1.54) is 0 Å². The van der Waals surface area contributed by atoms with Gasteiger partial charge in [0.2, 0.25) is 5.91 Å². The Hall–Kier alpha value is -0.940. The van der Waals surface area contributed by atoms with Crippen molar-refractivity contribution in [2.45, 2.75) is 51.0 Å². The number of nitrogens with zero attached hydrogens (tertiary/aromatic N) is 1. The molecule has 116 valence electrons. The van der Waals surface area contributed by atoms with Gasteiger partial charge in [-0.25, -0.2) is 0 Å². The number of amides is 1. The molecule has 1 atom stereocenters. The van der Waals surface area contributed by atoms with Crippen LogP contribution in [-0.2, 0) is 9.59 Å². The molecule has 20 heavy (non-hydrogen) atoms. The van der Waals surface area contributed by atoms with Gasteiger partial charge in [0.05, 0.1) is 12.6 Å². The number of rotatable bonds is 9. The SMILES string of the molecule is CN(C)CC(=O)C(CCCCN)NC(=O)C1CCCC1. The van der Waals surface area contributed by atoms with Crippen LogP contribution in [0.2, 0.25) is 0 Å². The van der Waals surface area contributed by atoms with Gasteiger partial charge in [-0.1, -0.05) is 12.8 Å². The van der Waals surface area contributed by atoms with Crippen LogP contribution in [-0.4, -0.2) is 49.8 Å². The summed E-state index contributed by atoms with van der Waals surface area (Å²) in [6.45, 7) is 1.00. The zero-order chi connectivity index (χ0) is 15.0. The molecule has 0 aliphatic heterocycles. The molecule has 1 fully saturated rings. The summed E-state index contributed by atoms with van der Waals surface area (Å²) in [5.74, 6) is 0.268. The standard InChI is InChI=1S/C15H29N3O2/c1-18(2)11-14(19)13(9-5-6-10-16)17-15(20)12-7-3-4-8-12/h12-13H,3-11,16H2,1-2H3,(H,17,20). The summed E-state index contributed by atoms with van der Waals surface area (Å²) < 4.78 is 0. The normalized spacial score (nSPS) is 17.4. The number of Topliss-reactive ketones (excluding diaryl/α,β-unsaturated/α-hetero) is 1. The minimum absolute atomic E-state index is 0.0624. The molecule has 0 aromatic rings. The molecular formula is C15H29N3O2. The lowest BCUT2D eigenvalue weighted by molar-refractivity contribution is -0.130. The van der Waals surface area contributed by atoms with Crippen LogP contribution in [0.1, 0.15) is 44.9 Å². The van der Waals surface area contributed by atoms with Gasteiger partial charge in [-0.05, 0) is 52.7 Å². The highest BCUT2D eigenvalue weighted by Gasteiger charge is 2.27. The Labute approximate surface area is 122 Å². The molecule has 0 aromatic carbocycles. The zero-order valence-corrected chi connectivity index (χ0v) is 12.9. The van der Waals surface area contributed by atoms with E-state index in [-0.39, 0.29) is 23.7 Å². The van der Waals surface area contributed by atoms with Gasteiger partial charge in [0.15, 0.2) is 5.78 Å². The van der Waals surface area contributed by atoms with Gasteiger partial charge in [-0.3, -0.25) is 9.59 Å². The molecule has 3 N–H and O–H groups in total. The first-order valence-corrected chi connectivity index (χ1v) is 7.72. The van der Waals surface area contributed by atoms with Gasteiger partial charge < -0.3 is 16.0 Å². The largest absolute Gasteiger partial charge is 0.346 e. The van der Waals surface area contributed by atoms with Gasteiger partial charge >= 0.3 is 0 Å². The summed E-state index contributed by atoms with van der Waals surface area (Å²) in [7, 11) is 3.74. The second-order valence-corrected chi connectivity index (χ2v) is 6.03. The fraction of sp³-hybridized carbons (Fsp3) is 0.867. The van der Waals surface area contributed by atoms with Crippen molar-refractivity contribution in [2.75, 3.05) is 27.2 Å². The van der Waals surface area contributed by atoms with Crippen molar-refractivity contribution in [3.63, 3.8) is 0 Å². The maximum Gasteiger partial charge on any atom is 0.223 e. The zero-order valence-electron chi connectivity index (χ0n) is 12.9. The van der Waals surface area contributed by atoms with Crippen molar-refractivity contribution in [2.24, 2.45) is 11.7 Å². The predicted octanol–water partition coefficient (Wildman–Crippen LogP) is 0.921. The molecule has 0 bridgehead atoms. The maximum absolute atomic E-state index is 12.2. The van der Waals surface area contributed by atoms with E-state index in [1.54, 1.807) is 0 Å². The molecule has 1 amide bonds. The molecule has 1 saturated carbocycles. The molecule has 0 heterocycles. The van der Waals surface area contributed by atoms with E-state index >= 15 is 0 Å². The third-order valence-electron chi connectivity index (χ3n) is 3.85. The quantitative estimate of drug-likeness (QED) is 0.617. The van der Waals surface area contributed by atoms with Gasteiger partial charge in [-0.2, -0.15) is 0 Å². The molecule has 0 saturated heterocycles. The number of carbonyl (C=O) groups excluding carboxylic acids is 2. The lowest BCUT2D eigenvalue weighted by atomic mass is 10.0. The average Bonchev–Trinajstić information content (AvgIpc) is 2.90. The molecule has 1 aliphatic rings. The first-order valence-electron chi connectivity index (χ1n) is 7.72. The van der Waals surface area contributed by atoms with Crippen LogP contribution in [0.25, 0.3) is 0 Å². The maximum atomic E-state index is 12.2. The van der Waals surface area contributed by atoms with E-state index in [1.807, 2.05) is 19.0 Å². The lowest BCUT2D eigenvalue weighted by Gasteiger charge is -2.21. The Morgan fingerprint density at radius 1 is 1.25 bits per heavy atom. The van der Waals surface area contributed by atoms with Crippen molar-refractivity contribution < 1.29 is 9.59 Å². The van der Waals surface area contributed by atoms with Gasteiger partial charge in [0, 0.05) is 5.92 Å². The van der Waals surface area contributed by atoms with Crippen LogP contribution < -0.4 is 11.1 Å². The molecule has 1 aliphatic carbocycles. The highest BCUT2D eigenvalue weighted by atomic mass is 16.2. The van der Waals surface area contributed by atoms with Crippen molar-refractivity contribution >= 4 is 11.7 Å². The van der Waals surface area contributed by atoms with Crippen molar-refractivity contribution in [1.29, 1.82) is 0 Å². The van der Waals surface area contributed by atoms with Crippen LogP contribution >= 0.6 is 0 Å². The Morgan fingerprint density at radius 2 is 1.90 bits per heavy atom. The minimum atomic E-state index is -0.350. The molecule has 5 nitrogen and oxygen atoms in total. The summed E-state index contributed by atoms with van der Waals surface area (Å²) >= 11 is 0. The summed E-state index contributed by atoms with van der Waals surface area (Å²) in [5, 5.41) is 2.97. The summed E-state index contributed by atoms with van der Waals surface area (Å²) in [4.78, 5) is 26.2. The lowest BCUT2D eigenvalue weighted by Crippen LogP contribution is -2.46. The number of nitrogens with two attached hydrogens (primary N) is 1. The number of unbranched alkanes of at least 4 members (excludes halogenated alkanes) is 1. The summed E-state index contributed by atoms with van der Waals surface area (Å²) in [6, 6.07) is -0.350. The second kappa shape index (κ2) is 9.08. The van der Waals surface area contributed by atoms with Crippen molar-refractivity contribution in [1.82, 2.24) is 10.2 Å². The van der Waals surface area contributed by atoms with Crippen LogP contribution in [0, 0.1) is 5.92 Å². The minimum Gasteiger partial charge on any atom is -0.346 e.